The maximum absolute atomic E-state index is 13.8. The summed E-state index contributed by atoms with van der Waals surface area (Å²) >= 11 is 0. The van der Waals surface area contributed by atoms with Crippen molar-refractivity contribution < 1.29 is 19.1 Å². The Kier molecular flexibility index (Phi) is 8.63. The molecular formula is C30H43N7O4. The number of carbonyl (C=O) groups is 2. The van der Waals surface area contributed by atoms with E-state index in [9.17, 15) is 9.59 Å². The molecule has 2 atom stereocenters. The van der Waals surface area contributed by atoms with Crippen LogP contribution in [0.2, 0.25) is 0 Å². The van der Waals surface area contributed by atoms with Crippen LogP contribution >= 0.6 is 0 Å². The summed E-state index contributed by atoms with van der Waals surface area (Å²) in [5.74, 6) is 1.74. The van der Waals surface area contributed by atoms with Crippen molar-refractivity contribution in [2.24, 2.45) is 5.92 Å². The molecule has 1 aliphatic carbocycles. The number of pyridine rings is 1. The van der Waals surface area contributed by atoms with E-state index in [0.717, 1.165) is 31.5 Å². The second-order valence-corrected chi connectivity index (χ2v) is 11.8. The summed E-state index contributed by atoms with van der Waals surface area (Å²) in [7, 11) is 0. The number of amides is 3. The highest BCUT2D eigenvalue weighted by molar-refractivity contribution is 6.04. The highest BCUT2D eigenvalue weighted by Crippen LogP contribution is 2.40. The molecule has 1 saturated carbocycles. The van der Waals surface area contributed by atoms with E-state index >= 15 is 0 Å². The zero-order valence-corrected chi connectivity index (χ0v) is 24.9. The predicted octanol–water partition coefficient (Wildman–Crippen LogP) is 4.70. The molecule has 2 aromatic heterocycles. The van der Waals surface area contributed by atoms with E-state index in [1.165, 1.54) is 19.3 Å². The lowest BCUT2D eigenvalue weighted by Gasteiger charge is -2.46. The van der Waals surface area contributed by atoms with Crippen LogP contribution in [0.25, 0.3) is 0 Å². The molecular weight excluding hydrogens is 522 g/mol. The minimum absolute atomic E-state index is 0.0297. The summed E-state index contributed by atoms with van der Waals surface area (Å²) in [4.78, 5) is 43.7. The van der Waals surface area contributed by atoms with Gasteiger partial charge >= 0.3 is 6.03 Å². The Labute approximate surface area is 242 Å². The molecule has 2 unspecified atom stereocenters. The monoisotopic (exact) mass is 565 g/mol. The van der Waals surface area contributed by atoms with Crippen LogP contribution < -0.4 is 25.2 Å². The number of aryl methyl sites for hydroxylation is 1. The SMILES string of the molecule is CCNC(=O)c1nc(C)c2c(n1)N(C(=O)Nc1cc(OCC(CC)OC(C)(C)C3CCC3)ccn1)C1CCCN2C1. The summed E-state index contributed by atoms with van der Waals surface area (Å²) in [6, 6.07) is 3.09. The third-order valence-corrected chi connectivity index (χ3v) is 8.52. The van der Waals surface area contributed by atoms with E-state index < -0.39 is 0 Å². The van der Waals surface area contributed by atoms with Gasteiger partial charge in [0, 0.05) is 31.9 Å². The molecule has 4 heterocycles. The van der Waals surface area contributed by atoms with Gasteiger partial charge in [0.2, 0.25) is 5.82 Å². The fourth-order valence-electron chi connectivity index (χ4n) is 6.03. The van der Waals surface area contributed by atoms with Gasteiger partial charge in [-0.1, -0.05) is 13.3 Å². The maximum Gasteiger partial charge on any atom is 0.329 e. The molecule has 2 aromatic rings. The number of carbonyl (C=O) groups excluding carboxylic acids is 2. The number of hydrogen-bond donors (Lipinski definition) is 2. The lowest BCUT2D eigenvalue weighted by atomic mass is 9.74. The standard InChI is InChI=1S/C30H43N7O4/c1-6-22(41-30(4,5)20-10-8-11-20)18-40-23-13-14-32-24(16-23)34-29(39)37-21-12-9-15-36(17-21)25-19(3)33-26(35-27(25)37)28(38)31-7-2/h13-14,16,20-22H,6-12,15,17-18H2,1-5H3,(H,31,38)(H,32,34,39). The number of fused-ring (bicyclic) bond motifs is 4. The molecule has 0 aromatic carbocycles. The second-order valence-electron chi connectivity index (χ2n) is 11.8. The summed E-state index contributed by atoms with van der Waals surface area (Å²) in [5.41, 5.74) is 1.30. The van der Waals surface area contributed by atoms with Crippen LogP contribution in [-0.2, 0) is 4.74 Å². The first kappa shape index (κ1) is 29.0. The zero-order valence-electron chi connectivity index (χ0n) is 24.9. The number of anilines is 3. The van der Waals surface area contributed by atoms with Crippen molar-refractivity contribution in [1.82, 2.24) is 20.3 Å². The van der Waals surface area contributed by atoms with Gasteiger partial charge < -0.3 is 19.7 Å². The molecule has 0 spiro atoms. The molecule has 0 radical (unpaired) electrons. The number of nitrogens with one attached hydrogen (secondary N) is 2. The average molecular weight is 566 g/mol. The Morgan fingerprint density at radius 2 is 1.98 bits per heavy atom. The molecule has 2 fully saturated rings. The Morgan fingerprint density at radius 1 is 1.17 bits per heavy atom. The molecule has 5 rings (SSSR count). The molecule has 11 heteroatoms. The number of hydrogen-bond acceptors (Lipinski definition) is 8. The first-order valence-corrected chi connectivity index (χ1v) is 15.0. The topological polar surface area (TPSA) is 122 Å². The number of rotatable bonds is 10. The van der Waals surface area contributed by atoms with Crippen LogP contribution in [0.4, 0.5) is 22.1 Å². The van der Waals surface area contributed by atoms with Crippen molar-refractivity contribution in [1.29, 1.82) is 0 Å². The van der Waals surface area contributed by atoms with Crippen molar-refractivity contribution in [3.63, 3.8) is 0 Å². The lowest BCUT2D eigenvalue weighted by Crippen LogP contribution is -2.56. The Balaban J connectivity index is 1.31. The van der Waals surface area contributed by atoms with E-state index in [2.05, 4.69) is 51.3 Å². The van der Waals surface area contributed by atoms with Crippen LogP contribution in [0, 0.1) is 12.8 Å². The van der Waals surface area contributed by atoms with Gasteiger partial charge in [-0.2, -0.15) is 0 Å². The van der Waals surface area contributed by atoms with Gasteiger partial charge in [0.15, 0.2) is 5.82 Å². The van der Waals surface area contributed by atoms with Gasteiger partial charge in [-0.05, 0) is 71.8 Å². The average Bonchev–Trinajstić information content (AvgIpc) is 2.90. The molecule has 2 aliphatic heterocycles. The first-order chi connectivity index (χ1) is 19.7. The molecule has 41 heavy (non-hydrogen) atoms. The number of piperidine rings is 1. The summed E-state index contributed by atoms with van der Waals surface area (Å²) in [5, 5.41) is 5.70. The third kappa shape index (κ3) is 6.24. The quantitative estimate of drug-likeness (QED) is 0.425. The van der Waals surface area contributed by atoms with E-state index in [1.807, 2.05) is 13.8 Å². The van der Waals surface area contributed by atoms with E-state index in [0.29, 0.717) is 48.7 Å². The van der Waals surface area contributed by atoms with E-state index in [-0.39, 0.29) is 35.5 Å². The highest BCUT2D eigenvalue weighted by Gasteiger charge is 2.40. The first-order valence-electron chi connectivity index (χ1n) is 15.0. The molecule has 2 bridgehead atoms. The van der Waals surface area contributed by atoms with Gasteiger partial charge in [0.25, 0.3) is 5.91 Å². The molecule has 11 nitrogen and oxygen atoms in total. The summed E-state index contributed by atoms with van der Waals surface area (Å²) in [6.45, 7) is 12.6. The van der Waals surface area contributed by atoms with Crippen LogP contribution in [0.3, 0.4) is 0 Å². The third-order valence-electron chi connectivity index (χ3n) is 8.52. The van der Waals surface area contributed by atoms with E-state index in [1.54, 1.807) is 23.2 Å². The van der Waals surface area contributed by atoms with Crippen LogP contribution in [-0.4, -0.2) is 70.9 Å². The highest BCUT2D eigenvalue weighted by atomic mass is 16.5. The van der Waals surface area contributed by atoms with Crippen molar-refractivity contribution in [3.8, 4) is 5.75 Å². The van der Waals surface area contributed by atoms with Crippen LogP contribution in [0.15, 0.2) is 18.3 Å². The van der Waals surface area contributed by atoms with Crippen molar-refractivity contribution >= 4 is 29.3 Å². The number of nitrogens with zero attached hydrogens (tertiary/aromatic N) is 5. The Hall–Kier alpha value is -3.47. The fraction of sp³-hybridized carbons (Fsp3) is 0.633. The largest absolute Gasteiger partial charge is 0.491 e. The molecule has 222 valence electrons. The molecule has 2 N–H and O–H groups in total. The number of urea groups is 1. The van der Waals surface area contributed by atoms with Gasteiger partial charge in [0.05, 0.1) is 23.4 Å². The van der Waals surface area contributed by atoms with Crippen molar-refractivity contribution in [2.75, 3.05) is 41.4 Å². The van der Waals surface area contributed by atoms with Crippen molar-refractivity contribution in [3.05, 3.63) is 29.8 Å². The fourth-order valence-corrected chi connectivity index (χ4v) is 6.03. The minimum atomic E-state index is -0.360. The van der Waals surface area contributed by atoms with Gasteiger partial charge in [0.1, 0.15) is 23.9 Å². The van der Waals surface area contributed by atoms with Gasteiger partial charge in [-0.15, -0.1) is 0 Å². The smallest absolute Gasteiger partial charge is 0.329 e. The molecule has 3 amide bonds. The zero-order chi connectivity index (χ0) is 29.1. The van der Waals surface area contributed by atoms with Crippen LogP contribution in [0.5, 0.6) is 5.75 Å². The summed E-state index contributed by atoms with van der Waals surface area (Å²) < 4.78 is 12.6. The Morgan fingerprint density at radius 3 is 2.68 bits per heavy atom. The Bertz CT molecular complexity index is 1270. The minimum Gasteiger partial charge on any atom is -0.491 e. The second kappa shape index (κ2) is 12.2. The van der Waals surface area contributed by atoms with Gasteiger partial charge in [-0.3, -0.25) is 15.0 Å². The summed E-state index contributed by atoms with van der Waals surface area (Å²) in [6.07, 6.45) is 7.95. The van der Waals surface area contributed by atoms with Crippen molar-refractivity contribution in [2.45, 2.75) is 90.9 Å². The number of ether oxygens (including phenoxy) is 2. The maximum atomic E-state index is 13.8. The predicted molar refractivity (Wildman–Crippen MR) is 158 cm³/mol. The van der Waals surface area contributed by atoms with E-state index in [4.69, 9.17) is 9.47 Å². The lowest BCUT2D eigenvalue weighted by molar-refractivity contribution is -0.133. The normalized spacial score (nSPS) is 19.2. The molecule has 3 aliphatic rings. The van der Waals surface area contributed by atoms with Gasteiger partial charge in [-0.25, -0.2) is 19.7 Å². The number of aromatic nitrogens is 3. The van der Waals surface area contributed by atoms with Crippen LogP contribution in [0.1, 0.15) is 82.5 Å². The molecule has 1 saturated heterocycles.